The van der Waals surface area contributed by atoms with Crippen LogP contribution in [0.2, 0.25) is 0 Å². The first-order valence-corrected chi connectivity index (χ1v) is 28.5. The highest BCUT2D eigenvalue weighted by Crippen LogP contribution is 2.58. The number of hydrogen-bond acceptors (Lipinski definition) is 20. The molecule has 2 aliphatic heterocycles. The van der Waals surface area contributed by atoms with E-state index in [-0.39, 0.29) is 55.1 Å². The van der Waals surface area contributed by atoms with Crippen LogP contribution in [-0.4, -0.2) is 116 Å². The molecule has 0 aliphatic carbocycles. The zero-order chi connectivity index (χ0) is 57.4. The maximum Gasteiger partial charge on any atom is 0.351 e. The fourth-order valence-electron chi connectivity index (χ4n) is 9.26. The van der Waals surface area contributed by atoms with E-state index in [9.17, 15) is 29.2 Å². The highest BCUT2D eigenvalue weighted by Gasteiger charge is 2.48. The van der Waals surface area contributed by atoms with Gasteiger partial charge in [0, 0.05) is 24.6 Å². The summed E-state index contributed by atoms with van der Waals surface area (Å²) in [5.41, 5.74) is -0.265. The van der Waals surface area contributed by atoms with Crippen LogP contribution in [-0.2, 0) is 55.4 Å². The van der Waals surface area contributed by atoms with Crippen molar-refractivity contribution in [3.8, 4) is 11.5 Å². The van der Waals surface area contributed by atoms with Crippen LogP contribution in [0.3, 0.4) is 0 Å². The highest BCUT2D eigenvalue weighted by molar-refractivity contribution is 8.35. The van der Waals surface area contributed by atoms with Crippen molar-refractivity contribution in [2.24, 2.45) is 10.9 Å². The third kappa shape index (κ3) is 13.7. The summed E-state index contributed by atoms with van der Waals surface area (Å²) in [4.78, 5) is 84.3. The van der Waals surface area contributed by atoms with Gasteiger partial charge in [-0.2, -0.15) is 19.0 Å². The van der Waals surface area contributed by atoms with E-state index in [0.717, 1.165) is 5.56 Å². The zero-order valence-corrected chi connectivity index (χ0v) is 46.7. The molecule has 3 aromatic heterocycles. The standard InChI is InChI=1S/C56H61N8O15PS/c1-33(2)51(66)61-54-60-50-49(53(68)62-54)57-32-64(50)47-28-42(43(76-47)29-74-56(36-15-11-8-12-16-36,37-17-21-39(71-5)22-18-37)38-19-23-40(72-6)24-20-38)79-80(70,81)75-30-44-41(78-48(65)31-73-34(3)4)27-46(77-44)63-26-25-45(59-55(63)69)58-52(67)35-13-9-7-10-14-35/h7-26,32-34,41-44,46-47H,27-31H2,1-6H3,(H,70,81)(H,58,59,67,69)(H2,60,61,62,66,68)/p-1/t41-,42-,43+,44+,46+,47+,80?/m0/s1. The van der Waals surface area contributed by atoms with Crippen molar-refractivity contribution in [3.05, 3.63) is 171 Å². The number of aromatic amines is 1. The van der Waals surface area contributed by atoms with Gasteiger partial charge in [-0.3, -0.25) is 23.7 Å². The number of carbonyl (C=O) groups excluding carboxylic acids is 2. The Morgan fingerprint density at radius 2 is 1.42 bits per heavy atom. The Balaban J connectivity index is 1.02. The van der Waals surface area contributed by atoms with Gasteiger partial charge in [0.2, 0.25) is 5.95 Å². The van der Waals surface area contributed by atoms with Crippen molar-refractivity contribution in [1.29, 1.82) is 0 Å². The van der Waals surface area contributed by atoms with Crippen LogP contribution in [0.1, 0.15) is 80.0 Å². The van der Waals surface area contributed by atoms with Gasteiger partial charge in [0.1, 0.15) is 73.0 Å². The number of carbonyl (C=O) groups is 2. The van der Waals surface area contributed by atoms with Crippen LogP contribution in [0, 0.1) is 5.92 Å². The average molecular weight is 1150 g/mol. The van der Waals surface area contributed by atoms with Crippen LogP contribution in [0.25, 0.3) is 11.2 Å². The number of fused-ring (bicyclic) bond motifs is 1. The van der Waals surface area contributed by atoms with E-state index in [1.54, 1.807) is 72.2 Å². The maximum atomic E-state index is 13.5. The molecule has 4 aromatic carbocycles. The molecule has 5 heterocycles. The molecule has 81 heavy (non-hydrogen) atoms. The number of esters is 1. The van der Waals surface area contributed by atoms with E-state index in [2.05, 4.69) is 30.2 Å². The summed E-state index contributed by atoms with van der Waals surface area (Å²) in [7, 11) is -1.21. The second-order valence-electron chi connectivity index (χ2n) is 19.5. The predicted octanol–water partition coefficient (Wildman–Crippen LogP) is 6.23. The Labute approximate surface area is 470 Å². The molecule has 7 atom stereocenters. The Bertz CT molecular complexity index is 3390. The first kappa shape index (κ1) is 58.3. The van der Waals surface area contributed by atoms with E-state index < -0.39 is 91.2 Å². The van der Waals surface area contributed by atoms with Crippen LogP contribution in [0.4, 0.5) is 11.8 Å². The molecule has 9 rings (SSSR count). The lowest BCUT2D eigenvalue weighted by Gasteiger charge is -2.37. The van der Waals surface area contributed by atoms with Gasteiger partial charge in [-0.15, -0.1) is 0 Å². The number of amides is 1. The maximum absolute atomic E-state index is 13.5. The van der Waals surface area contributed by atoms with Crippen molar-refractivity contribution in [3.63, 3.8) is 0 Å². The summed E-state index contributed by atoms with van der Waals surface area (Å²) < 4.78 is 57.9. The number of imidazole rings is 1. The van der Waals surface area contributed by atoms with Gasteiger partial charge < -0.3 is 55.8 Å². The Morgan fingerprint density at radius 3 is 2.02 bits per heavy atom. The van der Waals surface area contributed by atoms with Crippen molar-refractivity contribution < 1.29 is 61.8 Å². The zero-order valence-electron chi connectivity index (χ0n) is 45.0. The Hall–Kier alpha value is -7.38. The van der Waals surface area contributed by atoms with Crippen LogP contribution < -0.4 is 31.1 Å². The first-order chi connectivity index (χ1) is 38.9. The number of rotatable bonds is 23. The molecule has 0 bridgehead atoms. The minimum absolute atomic E-state index is 0.00601. The summed E-state index contributed by atoms with van der Waals surface area (Å²) in [5, 5.41) is 15.3. The minimum Gasteiger partial charge on any atom is -0.861 e. The lowest BCUT2D eigenvalue weighted by atomic mass is 9.80. The predicted molar refractivity (Wildman–Crippen MR) is 297 cm³/mol. The largest absolute Gasteiger partial charge is 0.861 e. The quantitative estimate of drug-likeness (QED) is 0.0160. The SMILES string of the molecule is COc1ccc(C(OC[C@H]2O[C@@H](n3cnc4c(=O)[nH]c(N=C([O-])C(C)C)nc43)C[C@@H]2O[P+](O)([S-])OC[C@H]2O[C@@H](n3ccc(NC(=O)c4ccccc4)nc3=O)C[C@@H]2OC(=O)COC(C)C)(c2ccccc2)c2ccc(OC)cc2)cc1. The van der Waals surface area contributed by atoms with E-state index in [0.29, 0.717) is 28.2 Å². The number of nitrogens with one attached hydrogen (secondary N) is 2. The topological polar surface area (TPSA) is 283 Å². The molecule has 0 radical (unpaired) electrons. The number of methoxy groups -OCH3 is 2. The molecule has 426 valence electrons. The third-order valence-corrected chi connectivity index (χ3v) is 14.9. The molecule has 2 aliphatic rings. The number of H-pyrrole nitrogens is 1. The van der Waals surface area contributed by atoms with Gasteiger partial charge in [0.25, 0.3) is 18.6 Å². The number of nitrogens with zero attached hydrogens (tertiary/aromatic N) is 6. The average Bonchev–Trinajstić information content (AvgIpc) is 4.33. The van der Waals surface area contributed by atoms with Gasteiger partial charge in [-0.1, -0.05) is 86.6 Å². The summed E-state index contributed by atoms with van der Waals surface area (Å²) in [6.45, 7) is 5.73. The van der Waals surface area contributed by atoms with Crippen molar-refractivity contribution >= 4 is 60.1 Å². The van der Waals surface area contributed by atoms with E-state index in [1.165, 1.54) is 27.7 Å². The summed E-state index contributed by atoms with van der Waals surface area (Å²) >= 11 is 5.74. The molecule has 1 amide bonds. The fraction of sp³-hybridized carbons (Fsp3) is 0.357. The minimum atomic E-state index is -4.36. The first-order valence-electron chi connectivity index (χ1n) is 25.9. The smallest absolute Gasteiger partial charge is 0.351 e. The lowest BCUT2D eigenvalue weighted by molar-refractivity contribution is -0.222. The second kappa shape index (κ2) is 25.6. The summed E-state index contributed by atoms with van der Waals surface area (Å²) in [6, 6.07) is 34.2. The van der Waals surface area contributed by atoms with Gasteiger partial charge in [-0.25, -0.2) is 24.5 Å². The number of aromatic nitrogens is 6. The molecular formula is C56H60N8O15PS-. The molecular weight excluding hydrogens is 1090 g/mol. The number of benzene rings is 4. The number of anilines is 1. The van der Waals surface area contributed by atoms with E-state index >= 15 is 0 Å². The number of aliphatic imine (C=N–C) groups is 1. The molecule has 0 spiro atoms. The van der Waals surface area contributed by atoms with Gasteiger partial charge >= 0.3 is 11.7 Å². The van der Waals surface area contributed by atoms with E-state index in [1.807, 2.05) is 78.9 Å². The number of ether oxygens (including phenoxy) is 7. The molecule has 1 unspecified atom stereocenters. The Morgan fingerprint density at radius 1 is 0.827 bits per heavy atom. The van der Waals surface area contributed by atoms with Crippen LogP contribution in [0.15, 0.2) is 142 Å². The fourth-order valence-corrected chi connectivity index (χ4v) is 10.7. The van der Waals surface area contributed by atoms with Crippen LogP contribution in [0.5, 0.6) is 11.5 Å². The molecule has 2 saturated heterocycles. The van der Waals surface area contributed by atoms with Crippen LogP contribution >= 0.6 is 7.15 Å². The molecule has 3 N–H and O–H groups in total. The Kier molecular flexibility index (Phi) is 18.4. The van der Waals surface area contributed by atoms with Gasteiger partial charge in [-0.05, 0) is 84.8 Å². The number of hydrogen-bond donors (Lipinski definition) is 3. The second-order valence-corrected chi connectivity index (χ2v) is 22.3. The monoisotopic (exact) mass is 1150 g/mol. The molecule has 2 fully saturated rings. The summed E-state index contributed by atoms with van der Waals surface area (Å²) in [5.74, 6) is -1.21. The normalized spacial score (nSPS) is 20.1. The van der Waals surface area contributed by atoms with Crippen molar-refractivity contribution in [2.75, 3.05) is 39.4 Å². The highest BCUT2D eigenvalue weighted by atomic mass is 32.7. The summed E-state index contributed by atoms with van der Waals surface area (Å²) in [6.07, 6.45) is -4.07. The van der Waals surface area contributed by atoms with Gasteiger partial charge in [0.05, 0.1) is 33.3 Å². The van der Waals surface area contributed by atoms with Gasteiger partial charge in [0.15, 0.2) is 11.2 Å². The lowest BCUT2D eigenvalue weighted by Crippen LogP contribution is -2.38. The van der Waals surface area contributed by atoms with Crippen molar-refractivity contribution in [2.45, 2.75) is 89.1 Å². The third-order valence-electron chi connectivity index (χ3n) is 13.3. The van der Waals surface area contributed by atoms with E-state index in [4.69, 9.17) is 54.5 Å². The molecule has 0 saturated carbocycles. The molecule has 7 aromatic rings. The molecule has 25 heteroatoms. The van der Waals surface area contributed by atoms with Crippen molar-refractivity contribution in [1.82, 2.24) is 29.1 Å². The molecule has 23 nitrogen and oxygen atoms in total.